The van der Waals surface area contributed by atoms with E-state index in [4.69, 9.17) is 26.1 Å². The summed E-state index contributed by atoms with van der Waals surface area (Å²) in [5.74, 6) is 6.01. The van der Waals surface area contributed by atoms with Gasteiger partial charge in [-0.2, -0.15) is 0 Å². The number of nitrogen functional groups attached to an aromatic ring is 1. The molecule has 0 aliphatic heterocycles. The van der Waals surface area contributed by atoms with Crippen molar-refractivity contribution in [1.29, 1.82) is 0 Å². The van der Waals surface area contributed by atoms with E-state index in [0.717, 1.165) is 4.68 Å². The molecule has 0 saturated heterocycles. The second-order valence-corrected chi connectivity index (χ2v) is 4.62. The van der Waals surface area contributed by atoms with E-state index in [1.807, 2.05) is 6.07 Å². The topological polar surface area (TPSA) is 60.9 Å². The average Bonchev–Trinajstić information content (AvgIpc) is 2.27. The number of fused-ring (bicyclic) bond motifs is 1. The monoisotopic (exact) mass is 304 g/mol. The Morgan fingerprint density at radius 3 is 2.56 bits per heavy atom. The van der Waals surface area contributed by atoms with Crippen LogP contribution in [0.4, 0.5) is 0 Å². The molecule has 2 N–H and O–H groups in total. The van der Waals surface area contributed by atoms with Crippen molar-refractivity contribution in [1.82, 2.24) is 9.66 Å². The van der Waals surface area contributed by atoms with Gasteiger partial charge < -0.3 is 5.84 Å². The van der Waals surface area contributed by atoms with Crippen molar-refractivity contribution in [2.75, 3.05) is 5.84 Å². The Morgan fingerprint density at radius 1 is 1.38 bits per heavy atom. The molecule has 1 aromatic heterocycles. The first-order valence-corrected chi connectivity index (χ1v) is 7.05. The van der Waals surface area contributed by atoms with Crippen LogP contribution in [0.5, 0.6) is 0 Å². The molecule has 1 heterocycles. The third-order valence-corrected chi connectivity index (χ3v) is 1.98. The predicted octanol–water partition coefficient (Wildman–Crippen LogP) is 1.80. The number of hydrogen-bond donors (Lipinski definition) is 1. The van der Waals surface area contributed by atoms with Gasteiger partial charge in [-0.05, 0) is 19.1 Å². The molecule has 0 radical (unpaired) electrons. The van der Waals surface area contributed by atoms with Crippen LogP contribution in [0.2, 0.25) is 0 Å². The number of nitrogens with two attached hydrogens (primary N) is 1. The average molecular weight is 305 g/mol. The fourth-order valence-corrected chi connectivity index (χ4v) is 1.26. The van der Waals surface area contributed by atoms with E-state index >= 15 is 0 Å². The Bertz CT molecular complexity index is 544. The summed E-state index contributed by atoms with van der Waals surface area (Å²) in [5.41, 5.74) is 0.481. The van der Waals surface area contributed by atoms with Crippen molar-refractivity contribution in [3.8, 4) is 0 Å². The molecular weight excluding hydrogens is 296 g/mol. The van der Waals surface area contributed by atoms with Crippen LogP contribution < -0.4 is 11.4 Å². The molecule has 89 valence electrons. The van der Waals surface area contributed by atoms with Gasteiger partial charge in [0.25, 0.3) is 5.56 Å². The zero-order chi connectivity index (χ0) is 12.1. The summed E-state index contributed by atoms with van der Waals surface area (Å²) >= 11 is 0.382. The molecule has 1 aromatic carbocycles. The normalized spacial score (nSPS) is 9.94. The summed E-state index contributed by atoms with van der Waals surface area (Å²) in [7, 11) is 9.47. The fraction of sp³-hybridized carbons (Fsp3) is 0.111. The predicted molar refractivity (Wildman–Crippen MR) is 62.6 cm³/mol. The van der Waals surface area contributed by atoms with Gasteiger partial charge >= 0.3 is 33.2 Å². The van der Waals surface area contributed by atoms with Gasteiger partial charge in [0, 0.05) is 0 Å². The van der Waals surface area contributed by atoms with Crippen LogP contribution in [0, 0.1) is 6.92 Å². The van der Waals surface area contributed by atoms with E-state index in [9.17, 15) is 4.79 Å². The van der Waals surface area contributed by atoms with Gasteiger partial charge in [0.15, 0.2) is 0 Å². The molecule has 0 spiro atoms. The summed E-state index contributed by atoms with van der Waals surface area (Å²) in [4.78, 5) is 15.7. The maximum absolute atomic E-state index is 11.5. The first kappa shape index (κ1) is 13.3. The van der Waals surface area contributed by atoms with Crippen molar-refractivity contribution in [3.05, 3.63) is 40.4 Å². The molecule has 16 heavy (non-hydrogen) atoms. The van der Waals surface area contributed by atoms with Crippen LogP contribution in [0.25, 0.3) is 10.9 Å². The summed E-state index contributed by atoms with van der Waals surface area (Å²) in [6.45, 7) is 1.70. The van der Waals surface area contributed by atoms with E-state index in [-0.39, 0.29) is 5.56 Å². The Kier molecular flexibility index (Phi) is 5.07. The molecule has 7 heteroatoms. The van der Waals surface area contributed by atoms with Crippen LogP contribution >= 0.6 is 20.3 Å². The number of benzene rings is 1. The first-order chi connectivity index (χ1) is 7.61. The van der Waals surface area contributed by atoms with E-state index in [0.29, 0.717) is 29.6 Å². The zero-order valence-corrected chi connectivity index (χ0v) is 10.8. The minimum absolute atomic E-state index is 0.205. The van der Waals surface area contributed by atoms with Crippen molar-refractivity contribution < 1.29 is 12.9 Å². The Hall–Kier alpha value is -0.754. The second-order valence-electron chi connectivity index (χ2n) is 2.90. The molecule has 0 aliphatic rings. The summed E-state index contributed by atoms with van der Waals surface area (Å²) < 4.78 is 1.06. The molecular formula is C9H9Cl2CoN3O. The van der Waals surface area contributed by atoms with Crippen LogP contribution in [-0.4, -0.2) is 9.66 Å². The molecule has 2 aromatic rings. The Morgan fingerprint density at radius 2 is 1.94 bits per heavy atom. The SMILES string of the molecule is Cc1nc2ccccc2c(=O)n1N.[Cl][Co][Cl]. The molecule has 4 nitrogen and oxygen atoms in total. The number of rotatable bonds is 0. The molecule has 0 amide bonds. The van der Waals surface area contributed by atoms with Crippen molar-refractivity contribution in [3.63, 3.8) is 0 Å². The quantitative estimate of drug-likeness (QED) is 0.755. The molecule has 0 fully saturated rings. The van der Waals surface area contributed by atoms with Gasteiger partial charge in [0.2, 0.25) is 0 Å². The van der Waals surface area contributed by atoms with Gasteiger partial charge in [-0.25, -0.2) is 9.66 Å². The second kappa shape index (κ2) is 6.10. The van der Waals surface area contributed by atoms with Crippen molar-refractivity contribution >= 4 is 31.2 Å². The number of hydrogen-bond acceptors (Lipinski definition) is 3. The third-order valence-electron chi connectivity index (χ3n) is 1.98. The minimum atomic E-state index is -0.205. The summed E-state index contributed by atoms with van der Waals surface area (Å²) in [6.07, 6.45) is 0. The van der Waals surface area contributed by atoms with Crippen LogP contribution in [0.1, 0.15) is 5.82 Å². The van der Waals surface area contributed by atoms with Gasteiger partial charge in [-0.1, -0.05) is 12.1 Å². The van der Waals surface area contributed by atoms with E-state index < -0.39 is 0 Å². The van der Waals surface area contributed by atoms with Crippen molar-refractivity contribution in [2.24, 2.45) is 0 Å². The molecule has 0 unspecified atom stereocenters. The Labute approximate surface area is 107 Å². The van der Waals surface area contributed by atoms with Gasteiger partial charge in [-0.3, -0.25) is 4.79 Å². The standard InChI is InChI=1S/C9H9N3O.2ClH.Co/c1-6-11-8-5-3-2-4-7(8)9(13)12(6)10;;;/h2-5H,10H2,1H3;2*1H;/q;;;+2/p-2. The number of nitrogens with zero attached hydrogens (tertiary/aromatic N) is 2. The van der Waals surface area contributed by atoms with Crippen LogP contribution in [-0.2, 0) is 12.9 Å². The first-order valence-electron chi connectivity index (χ1n) is 4.19. The number of halogens is 2. The van der Waals surface area contributed by atoms with E-state index in [1.165, 1.54) is 0 Å². The summed E-state index contributed by atoms with van der Waals surface area (Å²) in [5, 5.41) is 0.551. The zero-order valence-electron chi connectivity index (χ0n) is 8.28. The fourth-order valence-electron chi connectivity index (χ4n) is 1.26. The van der Waals surface area contributed by atoms with Gasteiger partial charge in [-0.15, -0.1) is 0 Å². The maximum atomic E-state index is 11.5. The molecule has 0 saturated carbocycles. The van der Waals surface area contributed by atoms with Crippen molar-refractivity contribution in [2.45, 2.75) is 6.92 Å². The molecule has 0 aliphatic carbocycles. The third kappa shape index (κ3) is 2.88. The van der Waals surface area contributed by atoms with Gasteiger partial charge in [0.1, 0.15) is 5.82 Å². The van der Waals surface area contributed by atoms with E-state index in [2.05, 4.69) is 4.98 Å². The van der Waals surface area contributed by atoms with Crippen LogP contribution in [0.3, 0.4) is 0 Å². The number of aryl methyl sites for hydroxylation is 1. The molecule has 0 bridgehead atoms. The van der Waals surface area contributed by atoms with Gasteiger partial charge in [0.05, 0.1) is 10.9 Å². The molecule has 2 rings (SSSR count). The number of para-hydroxylation sites is 1. The van der Waals surface area contributed by atoms with E-state index in [1.54, 1.807) is 25.1 Å². The Balaban J connectivity index is 0.000000386. The molecule has 0 atom stereocenters. The number of aromatic nitrogens is 2. The summed E-state index contributed by atoms with van der Waals surface area (Å²) in [6, 6.07) is 7.15. The van der Waals surface area contributed by atoms with Crippen LogP contribution in [0.15, 0.2) is 29.1 Å².